The van der Waals surface area contributed by atoms with E-state index < -0.39 is 9.84 Å². The molecule has 1 N–H and O–H groups in total. The van der Waals surface area contributed by atoms with Crippen molar-refractivity contribution in [2.24, 2.45) is 5.92 Å². The Hall–Kier alpha value is -0.910. The molecule has 0 amide bonds. The molecule has 1 heterocycles. The largest absolute Gasteiger partial charge is 0.312 e. The molecule has 5 heteroatoms. The molecule has 1 aliphatic rings. The van der Waals surface area contributed by atoms with Crippen molar-refractivity contribution in [3.8, 4) is 0 Å². The number of benzene rings is 1. The predicted octanol–water partition coefficient (Wildman–Crippen LogP) is 2.09. The second-order valence-electron chi connectivity index (χ2n) is 6.61. The average molecular weight is 324 g/mol. The van der Waals surface area contributed by atoms with Gasteiger partial charge >= 0.3 is 0 Å². The van der Waals surface area contributed by atoms with E-state index in [-0.39, 0.29) is 0 Å². The zero-order valence-corrected chi connectivity index (χ0v) is 14.6. The van der Waals surface area contributed by atoms with Crippen LogP contribution in [-0.2, 0) is 9.84 Å². The number of hydrogen-bond acceptors (Lipinski definition) is 4. The Bertz CT molecular complexity index is 543. The molecule has 1 aliphatic heterocycles. The number of sulfone groups is 1. The minimum Gasteiger partial charge on any atom is -0.312 e. The lowest BCUT2D eigenvalue weighted by atomic mass is 9.97. The van der Waals surface area contributed by atoms with Gasteiger partial charge in [0.1, 0.15) is 9.84 Å². The van der Waals surface area contributed by atoms with Gasteiger partial charge in [-0.2, -0.15) is 0 Å². The zero-order valence-electron chi connectivity index (χ0n) is 13.8. The van der Waals surface area contributed by atoms with Gasteiger partial charge in [0.05, 0.1) is 11.5 Å². The molecule has 2 rings (SSSR count). The fourth-order valence-corrected chi connectivity index (χ4v) is 4.88. The molecule has 22 heavy (non-hydrogen) atoms. The second-order valence-corrected chi connectivity index (χ2v) is 8.91. The summed E-state index contributed by atoms with van der Waals surface area (Å²) in [5, 5.41) is 3.62. The Labute approximate surface area is 134 Å². The minimum atomic E-state index is -2.76. The maximum absolute atomic E-state index is 11.5. The van der Waals surface area contributed by atoms with Gasteiger partial charge in [0.25, 0.3) is 0 Å². The summed E-state index contributed by atoms with van der Waals surface area (Å²) < 4.78 is 23.0. The molecule has 1 aromatic carbocycles. The van der Waals surface area contributed by atoms with Crippen LogP contribution in [0, 0.1) is 5.92 Å². The number of nitrogens with zero attached hydrogens (tertiary/aromatic N) is 1. The van der Waals surface area contributed by atoms with Crippen molar-refractivity contribution < 1.29 is 8.42 Å². The third-order valence-electron chi connectivity index (χ3n) is 4.57. The summed E-state index contributed by atoms with van der Waals surface area (Å²) in [5.74, 6) is 1.18. The minimum absolute atomic E-state index is 0.313. The van der Waals surface area contributed by atoms with Crippen LogP contribution < -0.4 is 5.32 Å². The lowest BCUT2D eigenvalue weighted by molar-refractivity contribution is 0.232. The van der Waals surface area contributed by atoms with Crippen molar-refractivity contribution in [3.63, 3.8) is 0 Å². The first-order valence-corrected chi connectivity index (χ1v) is 9.86. The monoisotopic (exact) mass is 324 g/mol. The van der Waals surface area contributed by atoms with Gasteiger partial charge in [0, 0.05) is 12.1 Å². The Kier molecular flexibility index (Phi) is 6.01. The van der Waals surface area contributed by atoms with E-state index >= 15 is 0 Å². The first-order chi connectivity index (χ1) is 10.4. The summed E-state index contributed by atoms with van der Waals surface area (Å²) in [6, 6.07) is 11.1. The zero-order chi connectivity index (χ0) is 16.2. The van der Waals surface area contributed by atoms with Crippen molar-refractivity contribution in [1.82, 2.24) is 10.2 Å². The Morgan fingerprint density at radius 2 is 1.77 bits per heavy atom. The van der Waals surface area contributed by atoms with Crippen LogP contribution in [0.1, 0.15) is 31.4 Å². The maximum Gasteiger partial charge on any atom is 0.150 e. The van der Waals surface area contributed by atoms with E-state index in [0.29, 0.717) is 29.5 Å². The number of likely N-dealkylation sites (N-methyl/N-ethyl adjacent to an activating group) is 1. The molecular formula is C17H28N2O2S. The van der Waals surface area contributed by atoms with Crippen LogP contribution in [0.25, 0.3) is 0 Å². The normalized spacial score (nSPS) is 21.6. The number of hydrogen-bond donors (Lipinski definition) is 1. The smallest absolute Gasteiger partial charge is 0.150 e. The standard InChI is InChI=1S/C17H28N2O2S/c1-14(17(19(2)3)16-7-5-4-6-8-16)18-13-15-9-11-22(20,21)12-10-15/h4-8,14-15,17-18H,9-13H2,1-3H3. The van der Waals surface area contributed by atoms with E-state index in [2.05, 4.69) is 55.5 Å². The van der Waals surface area contributed by atoms with Crippen LogP contribution in [0.5, 0.6) is 0 Å². The second kappa shape index (κ2) is 7.57. The van der Waals surface area contributed by atoms with Crippen LogP contribution in [0.2, 0.25) is 0 Å². The molecule has 124 valence electrons. The van der Waals surface area contributed by atoms with Crippen LogP contribution in [0.15, 0.2) is 30.3 Å². The van der Waals surface area contributed by atoms with Crippen molar-refractivity contribution in [2.75, 3.05) is 32.1 Å². The highest BCUT2D eigenvalue weighted by Crippen LogP contribution is 2.23. The Morgan fingerprint density at radius 1 is 1.18 bits per heavy atom. The topological polar surface area (TPSA) is 49.4 Å². The molecule has 4 nitrogen and oxygen atoms in total. The Morgan fingerprint density at radius 3 is 2.32 bits per heavy atom. The molecule has 1 aromatic rings. The van der Waals surface area contributed by atoms with E-state index in [1.54, 1.807) is 0 Å². The van der Waals surface area contributed by atoms with Crippen molar-refractivity contribution >= 4 is 9.84 Å². The van der Waals surface area contributed by atoms with Crippen LogP contribution in [0.4, 0.5) is 0 Å². The third kappa shape index (κ3) is 4.80. The highest BCUT2D eigenvalue weighted by atomic mass is 32.2. The molecule has 1 fully saturated rings. The van der Waals surface area contributed by atoms with E-state index in [9.17, 15) is 8.42 Å². The molecule has 0 spiro atoms. The molecule has 0 aliphatic carbocycles. The van der Waals surface area contributed by atoms with Crippen molar-refractivity contribution in [3.05, 3.63) is 35.9 Å². The van der Waals surface area contributed by atoms with Crippen LogP contribution >= 0.6 is 0 Å². The van der Waals surface area contributed by atoms with Gasteiger partial charge in [0.2, 0.25) is 0 Å². The van der Waals surface area contributed by atoms with Gasteiger partial charge in [-0.25, -0.2) is 8.42 Å². The van der Waals surface area contributed by atoms with Gasteiger partial charge in [-0.3, -0.25) is 0 Å². The van der Waals surface area contributed by atoms with Gasteiger partial charge in [0.15, 0.2) is 0 Å². The van der Waals surface area contributed by atoms with Crippen molar-refractivity contribution in [1.29, 1.82) is 0 Å². The molecular weight excluding hydrogens is 296 g/mol. The summed E-state index contributed by atoms with van der Waals surface area (Å²) in [4.78, 5) is 2.23. The highest BCUT2D eigenvalue weighted by molar-refractivity contribution is 7.91. The third-order valence-corrected chi connectivity index (χ3v) is 6.29. The summed E-state index contributed by atoms with van der Waals surface area (Å²) >= 11 is 0. The van der Waals surface area contributed by atoms with Gasteiger partial charge in [-0.1, -0.05) is 30.3 Å². The first-order valence-electron chi connectivity index (χ1n) is 8.04. The van der Waals surface area contributed by atoms with Gasteiger partial charge in [-0.05, 0) is 51.9 Å². The maximum atomic E-state index is 11.5. The summed E-state index contributed by atoms with van der Waals surface area (Å²) in [5.41, 5.74) is 1.30. The average Bonchev–Trinajstić information content (AvgIpc) is 2.47. The number of rotatable bonds is 6. The molecule has 0 radical (unpaired) electrons. The summed E-state index contributed by atoms with van der Waals surface area (Å²) in [7, 11) is 1.44. The quantitative estimate of drug-likeness (QED) is 0.870. The molecule has 2 unspecified atom stereocenters. The Balaban J connectivity index is 1.91. The first kappa shape index (κ1) is 17.4. The fourth-order valence-electron chi connectivity index (χ4n) is 3.29. The molecule has 0 saturated carbocycles. The summed E-state index contributed by atoms with van der Waals surface area (Å²) in [6.07, 6.45) is 1.58. The SMILES string of the molecule is CC(NCC1CCS(=O)(=O)CC1)C(c1ccccc1)N(C)C. The number of nitrogens with one attached hydrogen (secondary N) is 1. The van der Waals surface area contributed by atoms with E-state index in [1.807, 2.05) is 6.07 Å². The van der Waals surface area contributed by atoms with Gasteiger partial charge < -0.3 is 10.2 Å². The molecule has 0 bridgehead atoms. The summed E-state index contributed by atoms with van der Waals surface area (Å²) in [6.45, 7) is 3.10. The fraction of sp³-hybridized carbons (Fsp3) is 0.647. The molecule has 2 atom stereocenters. The van der Waals surface area contributed by atoms with E-state index in [1.165, 1.54) is 5.56 Å². The van der Waals surface area contributed by atoms with E-state index in [0.717, 1.165) is 19.4 Å². The molecule has 0 aromatic heterocycles. The van der Waals surface area contributed by atoms with E-state index in [4.69, 9.17) is 0 Å². The lowest BCUT2D eigenvalue weighted by Gasteiger charge is -2.33. The van der Waals surface area contributed by atoms with Crippen LogP contribution in [-0.4, -0.2) is 51.5 Å². The van der Waals surface area contributed by atoms with Gasteiger partial charge in [-0.15, -0.1) is 0 Å². The highest BCUT2D eigenvalue weighted by Gasteiger charge is 2.26. The lowest BCUT2D eigenvalue weighted by Crippen LogP contribution is -2.42. The van der Waals surface area contributed by atoms with Crippen LogP contribution in [0.3, 0.4) is 0 Å². The van der Waals surface area contributed by atoms with Crippen molar-refractivity contribution in [2.45, 2.75) is 31.8 Å². The predicted molar refractivity (Wildman–Crippen MR) is 91.7 cm³/mol. The molecule has 1 saturated heterocycles.